The molecule has 0 radical (unpaired) electrons. The number of hydrogen-bond acceptors (Lipinski definition) is 4. The first-order valence-electron chi connectivity index (χ1n) is 8.53. The molecule has 0 aliphatic rings. The third-order valence-corrected chi connectivity index (χ3v) is 3.51. The predicted molar refractivity (Wildman–Crippen MR) is 102 cm³/mol. The Kier molecular flexibility index (Phi) is 7.37. The topological polar surface area (TPSA) is 52.6 Å². The fourth-order valence-electron chi connectivity index (χ4n) is 2.38. The van der Waals surface area contributed by atoms with Crippen LogP contribution in [0.2, 0.25) is 0 Å². The molecule has 0 heterocycles. The van der Waals surface area contributed by atoms with Crippen LogP contribution in [0.15, 0.2) is 78.6 Å². The van der Waals surface area contributed by atoms with Gasteiger partial charge in [0.05, 0.1) is 19.3 Å². The molecule has 2 rings (SSSR count). The summed E-state index contributed by atoms with van der Waals surface area (Å²) >= 11 is 0. The van der Waals surface area contributed by atoms with Crippen molar-refractivity contribution in [1.82, 2.24) is 0 Å². The number of carbonyl (C=O) groups is 2. The molecule has 0 aliphatic heterocycles. The van der Waals surface area contributed by atoms with Crippen molar-refractivity contribution in [1.29, 1.82) is 0 Å². The van der Waals surface area contributed by atoms with Gasteiger partial charge in [-0.05, 0) is 25.5 Å². The molecule has 0 aromatic heterocycles. The second kappa shape index (κ2) is 9.99. The van der Waals surface area contributed by atoms with Crippen LogP contribution < -0.4 is 0 Å². The van der Waals surface area contributed by atoms with Crippen LogP contribution >= 0.6 is 0 Å². The van der Waals surface area contributed by atoms with Crippen molar-refractivity contribution in [2.24, 2.45) is 0 Å². The molecule has 2 aromatic rings. The van der Waals surface area contributed by atoms with Crippen LogP contribution in [-0.2, 0) is 14.3 Å². The summed E-state index contributed by atoms with van der Waals surface area (Å²) in [6.07, 6.45) is 2.85. The first kappa shape index (κ1) is 19.2. The summed E-state index contributed by atoms with van der Waals surface area (Å²) in [5, 5.41) is 0. The first-order valence-corrected chi connectivity index (χ1v) is 8.53. The monoisotopic (exact) mass is 350 g/mol. The highest BCUT2D eigenvalue weighted by Crippen LogP contribution is 2.22. The summed E-state index contributed by atoms with van der Waals surface area (Å²) in [5.74, 6) is -0.368. The number of ketones is 1. The van der Waals surface area contributed by atoms with E-state index >= 15 is 0 Å². The summed E-state index contributed by atoms with van der Waals surface area (Å²) < 4.78 is 10.5. The largest absolute Gasteiger partial charge is 0.494 e. The second-order valence-electron chi connectivity index (χ2n) is 5.35. The fraction of sp³-hybridized carbons (Fsp3) is 0.182. The quantitative estimate of drug-likeness (QED) is 0.232. The molecule has 0 aliphatic carbocycles. The van der Waals surface area contributed by atoms with Gasteiger partial charge in [-0.1, -0.05) is 60.7 Å². The minimum atomic E-state index is -0.508. The Balaban J connectivity index is 2.49. The molecule has 0 saturated carbocycles. The van der Waals surface area contributed by atoms with Gasteiger partial charge in [0.2, 0.25) is 0 Å². The van der Waals surface area contributed by atoms with Crippen molar-refractivity contribution in [3.05, 3.63) is 89.7 Å². The van der Waals surface area contributed by atoms with E-state index in [0.29, 0.717) is 17.7 Å². The van der Waals surface area contributed by atoms with E-state index in [1.165, 1.54) is 6.08 Å². The maximum Gasteiger partial charge on any atom is 0.334 e. The number of benzene rings is 2. The molecular weight excluding hydrogens is 328 g/mol. The zero-order chi connectivity index (χ0) is 18.8. The van der Waals surface area contributed by atoms with Crippen LogP contribution in [-0.4, -0.2) is 25.0 Å². The lowest BCUT2D eigenvalue weighted by atomic mass is 9.96. The minimum absolute atomic E-state index is 0.147. The number of rotatable bonds is 8. The maximum absolute atomic E-state index is 13.0. The molecule has 0 bridgehead atoms. The van der Waals surface area contributed by atoms with E-state index < -0.39 is 5.97 Å². The lowest BCUT2D eigenvalue weighted by molar-refractivity contribution is -0.137. The Morgan fingerprint density at radius 1 is 0.769 bits per heavy atom. The van der Waals surface area contributed by atoms with Crippen LogP contribution in [0.5, 0.6) is 0 Å². The summed E-state index contributed by atoms with van der Waals surface area (Å²) in [6.45, 7) is 4.18. The molecule has 0 amide bonds. The van der Waals surface area contributed by atoms with Crippen LogP contribution in [0.3, 0.4) is 0 Å². The van der Waals surface area contributed by atoms with Crippen LogP contribution in [0.1, 0.15) is 29.8 Å². The van der Waals surface area contributed by atoms with E-state index in [1.807, 2.05) is 55.5 Å². The highest BCUT2D eigenvalue weighted by molar-refractivity contribution is 6.29. The predicted octanol–water partition coefficient (Wildman–Crippen LogP) is 4.44. The summed E-state index contributed by atoms with van der Waals surface area (Å²) in [6, 6.07) is 18.3. The molecule has 4 heteroatoms. The molecule has 2 aromatic carbocycles. The highest BCUT2D eigenvalue weighted by Gasteiger charge is 2.15. The molecule has 0 N–H and O–H groups in total. The number of esters is 1. The standard InChI is InChI=1S/C22H22O4/c1-3-25-19(16-21(23)26-4-2)15-20(17-11-7-5-8-12-17)22(24)18-13-9-6-10-14-18/h5-16H,3-4H2,1-2H3/b19-16+,20-15+. The molecule has 0 saturated heterocycles. The van der Waals surface area contributed by atoms with Crippen molar-refractivity contribution in [3.63, 3.8) is 0 Å². The fourth-order valence-corrected chi connectivity index (χ4v) is 2.38. The summed E-state index contributed by atoms with van der Waals surface area (Å²) in [7, 11) is 0. The third kappa shape index (κ3) is 5.45. The minimum Gasteiger partial charge on any atom is -0.494 e. The van der Waals surface area contributed by atoms with E-state index in [0.717, 1.165) is 5.56 Å². The van der Waals surface area contributed by atoms with Crippen LogP contribution in [0.25, 0.3) is 5.57 Å². The summed E-state index contributed by atoms with van der Waals surface area (Å²) in [5.41, 5.74) is 1.76. The Morgan fingerprint density at radius 2 is 1.31 bits per heavy atom. The maximum atomic E-state index is 13.0. The van der Waals surface area contributed by atoms with Gasteiger partial charge in [0.25, 0.3) is 0 Å². The number of ether oxygens (including phenoxy) is 2. The second-order valence-corrected chi connectivity index (χ2v) is 5.35. The molecule has 4 nitrogen and oxygen atoms in total. The van der Waals surface area contributed by atoms with Gasteiger partial charge in [0.1, 0.15) is 5.76 Å². The van der Waals surface area contributed by atoms with Gasteiger partial charge < -0.3 is 9.47 Å². The zero-order valence-electron chi connectivity index (χ0n) is 15.0. The number of hydrogen-bond donors (Lipinski definition) is 0. The van der Waals surface area contributed by atoms with Gasteiger partial charge in [0, 0.05) is 11.1 Å². The summed E-state index contributed by atoms with van der Waals surface area (Å²) in [4.78, 5) is 24.8. The van der Waals surface area contributed by atoms with Gasteiger partial charge in [0.15, 0.2) is 5.78 Å². The van der Waals surface area contributed by atoms with E-state index in [9.17, 15) is 9.59 Å². The lowest BCUT2D eigenvalue weighted by Crippen LogP contribution is -2.06. The Hall–Kier alpha value is -3.14. The van der Waals surface area contributed by atoms with Gasteiger partial charge in [-0.3, -0.25) is 4.79 Å². The van der Waals surface area contributed by atoms with E-state index in [-0.39, 0.29) is 18.1 Å². The first-order chi connectivity index (χ1) is 12.7. The van der Waals surface area contributed by atoms with Crippen LogP contribution in [0.4, 0.5) is 0 Å². The van der Waals surface area contributed by atoms with Gasteiger partial charge >= 0.3 is 5.97 Å². The smallest absolute Gasteiger partial charge is 0.334 e. The van der Waals surface area contributed by atoms with Crippen LogP contribution in [0, 0.1) is 0 Å². The van der Waals surface area contributed by atoms with Gasteiger partial charge in [-0.15, -0.1) is 0 Å². The number of carbonyl (C=O) groups excluding carboxylic acids is 2. The Morgan fingerprint density at radius 3 is 1.85 bits per heavy atom. The Labute approximate surface area is 153 Å². The van der Waals surface area contributed by atoms with Crippen molar-refractivity contribution in [2.45, 2.75) is 13.8 Å². The van der Waals surface area contributed by atoms with Crippen molar-refractivity contribution in [3.8, 4) is 0 Å². The molecule has 26 heavy (non-hydrogen) atoms. The van der Waals surface area contributed by atoms with E-state index in [4.69, 9.17) is 9.47 Å². The molecule has 0 unspecified atom stereocenters. The molecule has 0 spiro atoms. The number of allylic oxidation sites excluding steroid dienone is 2. The Bertz CT molecular complexity index is 789. The van der Waals surface area contributed by atoms with Gasteiger partial charge in [-0.2, -0.15) is 0 Å². The molecule has 0 atom stereocenters. The van der Waals surface area contributed by atoms with E-state index in [1.54, 1.807) is 25.1 Å². The van der Waals surface area contributed by atoms with Crippen molar-refractivity contribution >= 4 is 17.3 Å². The SMILES string of the molecule is CCOC(=O)/C=C(\C=C(\C(=O)c1ccccc1)c1ccccc1)OCC. The van der Waals surface area contributed by atoms with Crippen molar-refractivity contribution in [2.75, 3.05) is 13.2 Å². The number of Topliss-reactive ketones (excluding diaryl/α,β-unsaturated/α-hetero) is 1. The zero-order valence-corrected chi connectivity index (χ0v) is 15.0. The highest BCUT2D eigenvalue weighted by atomic mass is 16.5. The molecular formula is C22H22O4. The average molecular weight is 350 g/mol. The third-order valence-electron chi connectivity index (χ3n) is 3.51. The van der Waals surface area contributed by atoms with Crippen molar-refractivity contribution < 1.29 is 19.1 Å². The van der Waals surface area contributed by atoms with E-state index in [2.05, 4.69) is 0 Å². The lowest BCUT2D eigenvalue weighted by Gasteiger charge is -2.10. The normalized spacial score (nSPS) is 11.8. The average Bonchev–Trinajstić information content (AvgIpc) is 2.67. The molecule has 134 valence electrons. The van der Waals surface area contributed by atoms with Gasteiger partial charge in [-0.25, -0.2) is 4.79 Å². The molecule has 0 fully saturated rings.